The smallest absolute Gasteiger partial charge is 0.270 e. The number of hydrogen-bond acceptors (Lipinski definition) is 3. The van der Waals surface area contributed by atoms with Crippen molar-refractivity contribution in [3.05, 3.63) is 95.2 Å². The third-order valence-corrected chi connectivity index (χ3v) is 5.64. The van der Waals surface area contributed by atoms with Gasteiger partial charge < -0.3 is 0 Å². The highest BCUT2D eigenvalue weighted by Crippen LogP contribution is 2.21. The molecule has 0 unspecified atom stereocenters. The molecule has 142 valence electrons. The number of rotatable bonds is 4. The number of aryl methyl sites for hydroxylation is 1. The molecule has 0 atom stereocenters. The van der Waals surface area contributed by atoms with Crippen LogP contribution in [0.2, 0.25) is 0 Å². The molecule has 0 spiro atoms. The predicted octanol–water partition coefficient (Wildman–Crippen LogP) is 3.61. The van der Waals surface area contributed by atoms with Gasteiger partial charge in [-0.05, 0) is 28.8 Å². The zero-order valence-corrected chi connectivity index (χ0v) is 16.3. The summed E-state index contributed by atoms with van der Waals surface area (Å²) in [6.07, 6.45) is 2.24. The van der Waals surface area contributed by atoms with Crippen LogP contribution in [-0.4, -0.2) is 14.3 Å². The van der Waals surface area contributed by atoms with Gasteiger partial charge in [0.1, 0.15) is 5.84 Å². The molecule has 3 aromatic rings. The minimum atomic E-state index is -3.66. The summed E-state index contributed by atoms with van der Waals surface area (Å²) in [4.78, 5) is 4.44. The van der Waals surface area contributed by atoms with Crippen LogP contribution >= 0.6 is 0 Å². The Labute approximate surface area is 165 Å². The number of allylic oxidation sites excluding steroid dienone is 1. The van der Waals surface area contributed by atoms with Crippen LogP contribution in [0.3, 0.4) is 0 Å². The van der Waals surface area contributed by atoms with Crippen molar-refractivity contribution >= 4 is 26.8 Å². The third kappa shape index (κ3) is 4.23. The minimum Gasteiger partial charge on any atom is -0.270 e. The molecule has 3 aromatic carbocycles. The van der Waals surface area contributed by atoms with Gasteiger partial charge in [-0.25, -0.2) is 0 Å². The van der Waals surface area contributed by atoms with Crippen molar-refractivity contribution in [2.75, 3.05) is 0 Å². The molecular weight excluding hydrogens is 370 g/mol. The van der Waals surface area contributed by atoms with Gasteiger partial charge in [0.25, 0.3) is 0 Å². The van der Waals surface area contributed by atoms with Gasteiger partial charge in [0, 0.05) is 18.2 Å². The maximum absolute atomic E-state index is 12.2. The normalized spacial score (nSPS) is 17.0. The Balaban J connectivity index is 1.61. The van der Waals surface area contributed by atoms with Crippen LogP contribution in [0.25, 0.3) is 10.8 Å². The lowest BCUT2D eigenvalue weighted by Crippen LogP contribution is -2.44. The lowest BCUT2D eigenvalue weighted by molar-refractivity contribution is 0.582. The molecule has 6 heteroatoms. The maximum Gasteiger partial charge on any atom is 0.322 e. The van der Waals surface area contributed by atoms with Crippen LogP contribution < -0.4 is 9.44 Å². The van der Waals surface area contributed by atoms with Gasteiger partial charge in [-0.15, -0.1) is 0 Å². The van der Waals surface area contributed by atoms with Crippen molar-refractivity contribution in [1.82, 2.24) is 9.44 Å². The van der Waals surface area contributed by atoms with E-state index in [1.54, 1.807) is 6.08 Å². The number of nitrogens with zero attached hydrogens (tertiary/aromatic N) is 1. The second kappa shape index (κ2) is 7.48. The maximum atomic E-state index is 12.2. The zero-order valence-electron chi connectivity index (χ0n) is 15.5. The predicted molar refractivity (Wildman–Crippen MR) is 113 cm³/mol. The molecule has 5 nitrogen and oxygen atoms in total. The first kappa shape index (κ1) is 18.3. The molecule has 4 rings (SSSR count). The monoisotopic (exact) mass is 391 g/mol. The molecule has 0 aromatic heterocycles. The first-order valence-corrected chi connectivity index (χ1v) is 10.5. The summed E-state index contributed by atoms with van der Waals surface area (Å²) >= 11 is 0. The van der Waals surface area contributed by atoms with Crippen molar-refractivity contribution in [3.63, 3.8) is 0 Å². The molecular formula is C22H21N3O2S. The van der Waals surface area contributed by atoms with Crippen LogP contribution in [-0.2, 0) is 23.2 Å². The average Bonchev–Trinajstić information content (AvgIpc) is 2.67. The third-order valence-electron chi connectivity index (χ3n) is 4.63. The Kier molecular flexibility index (Phi) is 4.88. The van der Waals surface area contributed by atoms with E-state index in [1.165, 1.54) is 5.56 Å². The molecule has 0 saturated carbocycles. The number of hydrogen-bond donors (Lipinski definition) is 2. The molecule has 1 heterocycles. The second-order valence-corrected chi connectivity index (χ2v) is 8.29. The molecule has 28 heavy (non-hydrogen) atoms. The highest BCUT2D eigenvalue weighted by atomic mass is 32.2. The summed E-state index contributed by atoms with van der Waals surface area (Å²) in [6, 6.07) is 22.2. The number of amidine groups is 1. The van der Waals surface area contributed by atoms with Crippen molar-refractivity contribution < 1.29 is 8.42 Å². The van der Waals surface area contributed by atoms with Crippen molar-refractivity contribution in [2.45, 2.75) is 19.9 Å². The lowest BCUT2D eigenvalue weighted by atomic mass is 10.0. The first-order valence-electron chi connectivity index (χ1n) is 9.06. The minimum absolute atomic E-state index is 0.342. The summed E-state index contributed by atoms with van der Waals surface area (Å²) in [5.74, 6) is 0.342. The van der Waals surface area contributed by atoms with E-state index in [0.29, 0.717) is 24.5 Å². The van der Waals surface area contributed by atoms with Crippen LogP contribution in [0, 0.1) is 6.92 Å². The van der Waals surface area contributed by atoms with Gasteiger partial charge in [0.05, 0.1) is 6.54 Å². The van der Waals surface area contributed by atoms with E-state index in [1.807, 2.05) is 73.7 Å². The number of nitrogens with one attached hydrogen (secondary N) is 2. The van der Waals surface area contributed by atoms with Crippen molar-refractivity contribution in [2.24, 2.45) is 4.99 Å². The van der Waals surface area contributed by atoms with E-state index in [9.17, 15) is 8.42 Å². The van der Waals surface area contributed by atoms with Crippen molar-refractivity contribution in [1.29, 1.82) is 0 Å². The quantitative estimate of drug-likeness (QED) is 0.713. The number of benzene rings is 3. The summed E-state index contributed by atoms with van der Waals surface area (Å²) in [5, 5.41) is 2.24. The summed E-state index contributed by atoms with van der Waals surface area (Å²) in [5.41, 5.74) is 3.86. The van der Waals surface area contributed by atoms with Gasteiger partial charge in [-0.1, -0.05) is 72.3 Å². The van der Waals surface area contributed by atoms with E-state index in [2.05, 4.69) is 14.4 Å². The van der Waals surface area contributed by atoms with Crippen LogP contribution in [0.1, 0.15) is 16.7 Å². The highest BCUT2D eigenvalue weighted by molar-refractivity contribution is 7.88. The number of aliphatic imine (C=N–C) groups is 1. The Morgan fingerprint density at radius 3 is 2.46 bits per heavy atom. The van der Waals surface area contributed by atoms with Gasteiger partial charge >= 0.3 is 10.2 Å². The SMILES string of the molecule is Cc1ccc(CN=C2C=C(Cc3cccc4ccccc34)NS(=O)(=O)N2)cc1. The topological polar surface area (TPSA) is 70.6 Å². The zero-order chi connectivity index (χ0) is 19.6. The van der Waals surface area contributed by atoms with Crippen molar-refractivity contribution in [3.8, 4) is 0 Å². The Morgan fingerprint density at radius 1 is 0.893 bits per heavy atom. The fourth-order valence-corrected chi connectivity index (χ4v) is 4.17. The van der Waals surface area contributed by atoms with E-state index < -0.39 is 10.2 Å². The largest absolute Gasteiger partial charge is 0.322 e. The molecule has 0 radical (unpaired) electrons. The van der Waals surface area contributed by atoms with Crippen LogP contribution in [0.4, 0.5) is 0 Å². The van der Waals surface area contributed by atoms with Crippen LogP contribution in [0.15, 0.2) is 83.5 Å². The number of fused-ring (bicyclic) bond motifs is 1. The molecule has 0 aliphatic carbocycles. The fourth-order valence-electron chi connectivity index (χ4n) is 3.25. The summed E-state index contributed by atoms with van der Waals surface area (Å²) in [6.45, 7) is 2.44. The van der Waals surface area contributed by atoms with Gasteiger partial charge in [0.2, 0.25) is 0 Å². The van der Waals surface area contributed by atoms with Gasteiger partial charge in [0.15, 0.2) is 0 Å². The molecule has 2 N–H and O–H groups in total. The van der Waals surface area contributed by atoms with Gasteiger partial charge in [-0.3, -0.25) is 14.4 Å². The Hall–Kier alpha value is -3.12. The van der Waals surface area contributed by atoms with E-state index >= 15 is 0 Å². The Morgan fingerprint density at radius 2 is 1.64 bits per heavy atom. The standard InChI is InChI=1S/C22H21N3O2S/c1-16-9-11-17(12-10-16)15-23-22-14-20(24-28(26,27)25-22)13-19-7-4-6-18-5-2-3-8-21(18)19/h2-12,14,24H,13,15H2,1H3,(H,23,25). The second-order valence-electron chi connectivity index (χ2n) is 6.88. The Bertz CT molecular complexity index is 1170. The summed E-state index contributed by atoms with van der Waals surface area (Å²) in [7, 11) is -3.66. The first-order chi connectivity index (χ1) is 13.5. The molecule has 1 aliphatic rings. The fraction of sp³-hybridized carbons (Fsp3) is 0.136. The molecule has 0 fully saturated rings. The molecule has 1 aliphatic heterocycles. The lowest BCUT2D eigenvalue weighted by Gasteiger charge is -2.19. The average molecular weight is 391 g/mol. The van der Waals surface area contributed by atoms with Crippen LogP contribution in [0.5, 0.6) is 0 Å². The van der Waals surface area contributed by atoms with E-state index in [0.717, 1.165) is 21.9 Å². The molecule has 0 bridgehead atoms. The molecule has 0 amide bonds. The summed E-state index contributed by atoms with van der Waals surface area (Å²) < 4.78 is 29.5. The highest BCUT2D eigenvalue weighted by Gasteiger charge is 2.20. The van der Waals surface area contributed by atoms with E-state index in [4.69, 9.17) is 0 Å². The van der Waals surface area contributed by atoms with Gasteiger partial charge in [-0.2, -0.15) is 8.42 Å². The molecule has 0 saturated heterocycles. The van der Waals surface area contributed by atoms with E-state index in [-0.39, 0.29) is 0 Å².